The first-order chi connectivity index (χ1) is 10.2. The van der Waals surface area contributed by atoms with Gasteiger partial charge in [0.05, 0.1) is 12.5 Å². The molecule has 1 fully saturated rings. The summed E-state index contributed by atoms with van der Waals surface area (Å²) in [6.07, 6.45) is 6.37. The summed E-state index contributed by atoms with van der Waals surface area (Å²) in [5.41, 5.74) is 7.18. The molecule has 0 spiro atoms. The van der Waals surface area contributed by atoms with Gasteiger partial charge >= 0.3 is 0 Å². The third-order valence-electron chi connectivity index (χ3n) is 4.74. The van der Waals surface area contributed by atoms with Gasteiger partial charge in [-0.1, -0.05) is 37.5 Å². The van der Waals surface area contributed by atoms with Crippen LogP contribution in [0.15, 0.2) is 24.3 Å². The van der Waals surface area contributed by atoms with Crippen molar-refractivity contribution in [2.45, 2.75) is 50.0 Å². The molecule has 0 aromatic heterocycles. The number of carbonyl (C=O) groups excluding carboxylic acids is 1. The predicted molar refractivity (Wildman–Crippen MR) is 89.6 cm³/mol. The Morgan fingerprint density at radius 1 is 1.27 bits per heavy atom. The van der Waals surface area contributed by atoms with Crippen molar-refractivity contribution < 1.29 is 9.53 Å². The van der Waals surface area contributed by atoms with Crippen LogP contribution in [0.4, 0.5) is 0 Å². The van der Waals surface area contributed by atoms with Crippen molar-refractivity contribution in [1.82, 2.24) is 5.32 Å². The second-order valence-corrected chi connectivity index (χ2v) is 6.37. The van der Waals surface area contributed by atoms with Crippen molar-refractivity contribution in [1.29, 1.82) is 0 Å². The Morgan fingerprint density at radius 3 is 2.77 bits per heavy atom. The first-order valence-electron chi connectivity index (χ1n) is 7.96. The van der Waals surface area contributed by atoms with Gasteiger partial charge < -0.3 is 15.8 Å². The van der Waals surface area contributed by atoms with Crippen LogP contribution in [-0.4, -0.2) is 24.6 Å². The Bertz CT molecular complexity index is 515. The van der Waals surface area contributed by atoms with Crippen LogP contribution in [0.25, 0.3) is 0 Å². The average Bonchev–Trinajstić information content (AvgIpc) is 2.53. The highest BCUT2D eigenvalue weighted by Crippen LogP contribution is 2.33. The van der Waals surface area contributed by atoms with Crippen LogP contribution >= 0.6 is 12.4 Å². The first kappa shape index (κ1) is 17.1. The van der Waals surface area contributed by atoms with Gasteiger partial charge in [-0.25, -0.2) is 0 Å². The molecule has 4 nitrogen and oxygen atoms in total. The maximum Gasteiger partial charge on any atom is 0.227 e. The highest BCUT2D eigenvalue weighted by Gasteiger charge is 2.31. The highest BCUT2D eigenvalue weighted by atomic mass is 35.5. The van der Waals surface area contributed by atoms with E-state index in [2.05, 4.69) is 5.32 Å². The van der Waals surface area contributed by atoms with E-state index in [9.17, 15) is 4.79 Å². The minimum atomic E-state index is -0.210. The van der Waals surface area contributed by atoms with Gasteiger partial charge in [0.15, 0.2) is 0 Å². The zero-order valence-corrected chi connectivity index (χ0v) is 13.7. The number of nitrogens with one attached hydrogen (secondary N) is 1. The Morgan fingerprint density at radius 2 is 2.00 bits per heavy atom. The molecule has 0 bridgehead atoms. The zero-order chi connectivity index (χ0) is 14.7. The molecule has 3 rings (SSSR count). The highest BCUT2D eigenvalue weighted by molar-refractivity contribution is 5.85. The lowest BCUT2D eigenvalue weighted by molar-refractivity contribution is -0.123. The van der Waals surface area contributed by atoms with E-state index in [4.69, 9.17) is 10.5 Å². The molecule has 122 valence electrons. The third kappa shape index (κ3) is 3.73. The summed E-state index contributed by atoms with van der Waals surface area (Å²) in [5, 5.41) is 3.08. The standard InChI is InChI=1S/C17H24N2O2.ClH/c18-17(9-4-1-5-10-17)12-19-16(20)14-8-11-21-15-7-3-2-6-13(14)15;/h2-3,6-7,14H,1,4-5,8-12,18H2,(H,19,20);1H. The molecule has 22 heavy (non-hydrogen) atoms. The van der Waals surface area contributed by atoms with E-state index in [1.807, 2.05) is 24.3 Å². The minimum Gasteiger partial charge on any atom is -0.493 e. The molecule has 1 saturated carbocycles. The molecule has 1 heterocycles. The maximum atomic E-state index is 12.5. The van der Waals surface area contributed by atoms with E-state index in [1.54, 1.807) is 0 Å². The van der Waals surface area contributed by atoms with Gasteiger partial charge in [0.2, 0.25) is 5.91 Å². The van der Waals surface area contributed by atoms with Gasteiger partial charge in [0.25, 0.3) is 0 Å². The summed E-state index contributed by atoms with van der Waals surface area (Å²) < 4.78 is 5.61. The van der Waals surface area contributed by atoms with Crippen molar-refractivity contribution in [2.24, 2.45) is 5.73 Å². The fraction of sp³-hybridized carbons (Fsp3) is 0.588. The van der Waals surface area contributed by atoms with E-state index < -0.39 is 0 Å². The molecule has 1 aliphatic carbocycles. The number of ether oxygens (including phenoxy) is 1. The zero-order valence-electron chi connectivity index (χ0n) is 12.8. The van der Waals surface area contributed by atoms with E-state index in [0.717, 1.165) is 30.6 Å². The molecule has 5 heteroatoms. The lowest BCUT2D eigenvalue weighted by atomic mass is 9.82. The molecule has 1 amide bonds. The van der Waals surface area contributed by atoms with Gasteiger partial charge in [-0.3, -0.25) is 4.79 Å². The fourth-order valence-corrected chi connectivity index (χ4v) is 3.43. The van der Waals surface area contributed by atoms with Crippen LogP contribution in [-0.2, 0) is 4.79 Å². The van der Waals surface area contributed by atoms with E-state index in [1.165, 1.54) is 19.3 Å². The smallest absolute Gasteiger partial charge is 0.227 e. The Labute approximate surface area is 138 Å². The number of halogens is 1. The van der Waals surface area contributed by atoms with Gasteiger partial charge in [0, 0.05) is 17.6 Å². The number of amides is 1. The molecular weight excluding hydrogens is 300 g/mol. The molecule has 3 N–H and O–H groups in total. The topological polar surface area (TPSA) is 64.3 Å². The van der Waals surface area contributed by atoms with Crippen molar-refractivity contribution in [3.05, 3.63) is 29.8 Å². The average molecular weight is 325 g/mol. The van der Waals surface area contributed by atoms with Gasteiger partial charge in [-0.2, -0.15) is 0 Å². The minimum absolute atomic E-state index is 0. The molecule has 0 radical (unpaired) electrons. The fourth-order valence-electron chi connectivity index (χ4n) is 3.43. The van der Waals surface area contributed by atoms with Crippen molar-refractivity contribution in [3.63, 3.8) is 0 Å². The molecule has 2 aliphatic rings. The summed E-state index contributed by atoms with van der Waals surface area (Å²) in [6.45, 7) is 1.19. The molecule has 1 aromatic rings. The summed E-state index contributed by atoms with van der Waals surface area (Å²) in [7, 11) is 0. The second-order valence-electron chi connectivity index (χ2n) is 6.37. The largest absolute Gasteiger partial charge is 0.493 e. The predicted octanol–water partition coefficient (Wildman–Crippen LogP) is 2.75. The van der Waals surface area contributed by atoms with Crippen LogP contribution in [0.5, 0.6) is 5.75 Å². The first-order valence-corrected chi connectivity index (χ1v) is 7.96. The summed E-state index contributed by atoms with van der Waals surface area (Å²) in [6, 6.07) is 7.81. The number of hydrogen-bond acceptors (Lipinski definition) is 3. The quantitative estimate of drug-likeness (QED) is 0.898. The van der Waals surface area contributed by atoms with Gasteiger partial charge in [-0.15, -0.1) is 12.4 Å². The van der Waals surface area contributed by atoms with Crippen molar-refractivity contribution in [2.75, 3.05) is 13.2 Å². The number of fused-ring (bicyclic) bond motifs is 1. The van der Waals surface area contributed by atoms with Crippen LogP contribution in [0.1, 0.15) is 50.0 Å². The second kappa shape index (κ2) is 7.34. The number of benzene rings is 1. The monoisotopic (exact) mass is 324 g/mol. The summed E-state index contributed by atoms with van der Waals surface area (Å²) in [4.78, 5) is 12.5. The van der Waals surface area contributed by atoms with E-state index >= 15 is 0 Å². The Hall–Kier alpha value is -1.26. The summed E-state index contributed by atoms with van der Waals surface area (Å²) in [5.74, 6) is 0.812. The normalized spacial score (nSPS) is 22.7. The molecule has 1 aliphatic heterocycles. The maximum absolute atomic E-state index is 12.5. The summed E-state index contributed by atoms with van der Waals surface area (Å²) >= 11 is 0. The Kier molecular flexibility index (Phi) is 5.70. The van der Waals surface area contributed by atoms with E-state index in [-0.39, 0.29) is 29.8 Å². The van der Waals surface area contributed by atoms with Crippen LogP contribution < -0.4 is 15.8 Å². The number of hydrogen-bond donors (Lipinski definition) is 2. The van der Waals surface area contributed by atoms with Gasteiger partial charge in [0.1, 0.15) is 5.75 Å². The molecular formula is C17H25ClN2O2. The van der Waals surface area contributed by atoms with Gasteiger partial charge in [-0.05, 0) is 25.3 Å². The molecule has 1 aromatic carbocycles. The molecule has 1 atom stereocenters. The molecule has 0 saturated heterocycles. The SMILES string of the molecule is Cl.NC1(CNC(=O)C2CCOc3ccccc32)CCCCC1. The number of nitrogens with two attached hydrogens (primary N) is 1. The van der Waals surface area contributed by atoms with Crippen molar-refractivity contribution in [3.8, 4) is 5.75 Å². The lowest BCUT2D eigenvalue weighted by Crippen LogP contribution is -2.52. The third-order valence-corrected chi connectivity index (χ3v) is 4.74. The number of carbonyl (C=O) groups is 1. The van der Waals surface area contributed by atoms with E-state index in [0.29, 0.717) is 13.2 Å². The van der Waals surface area contributed by atoms with Crippen LogP contribution in [0, 0.1) is 0 Å². The Balaban J connectivity index is 0.00000176. The van der Waals surface area contributed by atoms with Crippen molar-refractivity contribution >= 4 is 18.3 Å². The molecule has 1 unspecified atom stereocenters. The van der Waals surface area contributed by atoms with Crippen LogP contribution in [0.3, 0.4) is 0 Å². The van der Waals surface area contributed by atoms with Crippen LogP contribution in [0.2, 0.25) is 0 Å². The lowest BCUT2D eigenvalue weighted by Gasteiger charge is -2.34. The number of para-hydroxylation sites is 1. The number of rotatable bonds is 3.